The zero-order valence-corrected chi connectivity index (χ0v) is 28.6. The summed E-state index contributed by atoms with van der Waals surface area (Å²) in [5.74, 6) is -1.01. The van der Waals surface area contributed by atoms with Crippen LogP contribution < -0.4 is 11.4 Å². The minimum atomic E-state index is -4.69. The van der Waals surface area contributed by atoms with Crippen LogP contribution in [0.15, 0.2) is 65.9 Å². The van der Waals surface area contributed by atoms with Crippen molar-refractivity contribution in [3.05, 3.63) is 77.7 Å². The predicted octanol–water partition coefficient (Wildman–Crippen LogP) is 6.00. The number of rotatable bonds is 6. The van der Waals surface area contributed by atoms with Crippen LogP contribution in [0.4, 0.5) is 23.8 Å². The van der Waals surface area contributed by atoms with Gasteiger partial charge >= 0.3 is 18.2 Å². The van der Waals surface area contributed by atoms with E-state index in [9.17, 15) is 28.0 Å². The molecular formula is C36H35F3N8O4. The highest BCUT2D eigenvalue weighted by Gasteiger charge is 2.49. The number of nitrogen functional groups attached to an aromatic ring is 1. The highest BCUT2D eigenvalue weighted by Crippen LogP contribution is 2.40. The van der Waals surface area contributed by atoms with Gasteiger partial charge in [-0.2, -0.15) is 18.4 Å². The van der Waals surface area contributed by atoms with Crippen molar-refractivity contribution in [3.63, 3.8) is 0 Å². The fourth-order valence-electron chi connectivity index (χ4n) is 6.45. The van der Waals surface area contributed by atoms with E-state index < -0.39 is 40.6 Å². The molecule has 5 aromatic rings. The minimum absolute atomic E-state index is 0.0467. The van der Waals surface area contributed by atoms with Gasteiger partial charge in [-0.05, 0) is 69.2 Å². The van der Waals surface area contributed by atoms with Crippen LogP contribution >= 0.6 is 0 Å². The molecule has 0 aliphatic carbocycles. The van der Waals surface area contributed by atoms with Gasteiger partial charge in [0.15, 0.2) is 0 Å². The van der Waals surface area contributed by atoms with E-state index in [2.05, 4.69) is 15.0 Å². The highest BCUT2D eigenvalue weighted by molar-refractivity contribution is 6.04. The quantitative estimate of drug-likeness (QED) is 0.167. The molecule has 1 saturated heterocycles. The number of halogens is 3. The molecule has 1 aliphatic heterocycles. The summed E-state index contributed by atoms with van der Waals surface area (Å²) in [5.41, 5.74) is 7.19. The summed E-state index contributed by atoms with van der Waals surface area (Å²) in [4.78, 5) is 39.6. The monoisotopic (exact) mass is 700 g/mol. The van der Waals surface area contributed by atoms with Gasteiger partial charge in [0.2, 0.25) is 11.8 Å². The number of nitrogens with two attached hydrogens (primary N) is 1. The van der Waals surface area contributed by atoms with Gasteiger partial charge in [-0.25, -0.2) is 9.78 Å². The van der Waals surface area contributed by atoms with Crippen LogP contribution in [-0.4, -0.2) is 61.4 Å². The number of ether oxygens (including phenoxy) is 2. The number of nitriles is 1. The number of imidazole rings is 1. The van der Waals surface area contributed by atoms with Gasteiger partial charge < -0.3 is 24.7 Å². The highest BCUT2D eigenvalue weighted by atomic mass is 19.4. The molecule has 4 heterocycles. The molecule has 264 valence electrons. The molecule has 1 fully saturated rings. The van der Waals surface area contributed by atoms with E-state index in [0.29, 0.717) is 33.2 Å². The molecule has 15 heteroatoms. The molecule has 6 rings (SSSR count). The van der Waals surface area contributed by atoms with Crippen molar-refractivity contribution in [3.8, 4) is 23.0 Å². The smallest absolute Gasteiger partial charge is 0.419 e. The molecule has 0 spiro atoms. The minimum Gasteiger partial charge on any atom is -0.466 e. The van der Waals surface area contributed by atoms with Crippen LogP contribution in [0.2, 0.25) is 0 Å². The van der Waals surface area contributed by atoms with Gasteiger partial charge in [-0.15, -0.1) is 4.99 Å². The summed E-state index contributed by atoms with van der Waals surface area (Å²) < 4.78 is 55.3. The van der Waals surface area contributed by atoms with Crippen LogP contribution in [0.1, 0.15) is 45.2 Å². The number of amides is 1. The summed E-state index contributed by atoms with van der Waals surface area (Å²) in [7, 11) is 1.73. The summed E-state index contributed by atoms with van der Waals surface area (Å²) in [6, 6.07) is 13.4. The normalized spacial score (nSPS) is 14.7. The summed E-state index contributed by atoms with van der Waals surface area (Å²) in [6.45, 7) is 7.78. The first-order valence-electron chi connectivity index (χ1n) is 16.1. The van der Waals surface area contributed by atoms with Gasteiger partial charge in [0.05, 0.1) is 41.3 Å². The van der Waals surface area contributed by atoms with E-state index in [1.807, 2.05) is 30.5 Å². The first kappa shape index (κ1) is 34.9. The number of esters is 1. The van der Waals surface area contributed by atoms with Gasteiger partial charge in [0.25, 0.3) is 0 Å². The van der Waals surface area contributed by atoms with Crippen molar-refractivity contribution >= 4 is 39.8 Å². The fraction of sp³-hybridized carbons (Fsp3) is 0.333. The second-order valence-electron chi connectivity index (χ2n) is 13.4. The number of likely N-dealkylation sites (tertiary alicyclic amines) is 1. The number of fused-ring (bicyclic) bond motifs is 3. The molecule has 2 N–H and O–H groups in total. The topological polar surface area (TPSA) is 154 Å². The molecule has 3 aromatic heterocycles. The molecule has 2 aromatic carbocycles. The van der Waals surface area contributed by atoms with Crippen molar-refractivity contribution in [2.45, 2.75) is 51.3 Å². The molecule has 0 bridgehead atoms. The molecule has 0 saturated carbocycles. The van der Waals surface area contributed by atoms with E-state index in [0.717, 1.165) is 11.6 Å². The zero-order valence-electron chi connectivity index (χ0n) is 28.6. The van der Waals surface area contributed by atoms with Crippen molar-refractivity contribution in [1.29, 1.82) is 5.26 Å². The Morgan fingerprint density at radius 3 is 2.37 bits per heavy atom. The van der Waals surface area contributed by atoms with Gasteiger partial charge in [0.1, 0.15) is 11.4 Å². The van der Waals surface area contributed by atoms with Crippen LogP contribution in [0.25, 0.3) is 38.8 Å². The first-order valence-corrected chi connectivity index (χ1v) is 16.1. The number of nitrogens with zero attached hydrogens (tertiary/aromatic N) is 7. The lowest BCUT2D eigenvalue weighted by atomic mass is 9.71. The molecular weight excluding hydrogens is 665 g/mol. The first-order chi connectivity index (χ1) is 24.0. The van der Waals surface area contributed by atoms with E-state index in [1.54, 1.807) is 73.2 Å². The Bertz CT molecular complexity index is 2290. The number of aryl methyl sites for hydroxylation is 1. The number of carbonyl (C=O) groups is 2. The molecule has 0 unspecified atom stereocenters. The van der Waals surface area contributed by atoms with Crippen molar-refractivity contribution < 1.29 is 32.2 Å². The Balaban J connectivity index is 1.47. The number of benzene rings is 2. The maximum Gasteiger partial charge on any atom is 0.419 e. The third-order valence-electron chi connectivity index (χ3n) is 8.78. The van der Waals surface area contributed by atoms with Crippen LogP contribution in [0.3, 0.4) is 0 Å². The van der Waals surface area contributed by atoms with E-state index in [-0.39, 0.29) is 37.3 Å². The van der Waals surface area contributed by atoms with E-state index in [4.69, 9.17) is 15.2 Å². The Morgan fingerprint density at radius 1 is 1.04 bits per heavy atom. The molecule has 0 atom stereocenters. The number of alkyl halides is 3. The number of aromatic nitrogens is 4. The van der Waals surface area contributed by atoms with Crippen LogP contribution in [0, 0.1) is 11.5 Å². The van der Waals surface area contributed by atoms with E-state index in [1.165, 1.54) is 6.20 Å². The summed E-state index contributed by atoms with van der Waals surface area (Å²) >= 11 is 0. The third-order valence-corrected chi connectivity index (χ3v) is 8.78. The lowest BCUT2D eigenvalue weighted by Crippen LogP contribution is -2.62. The number of carbonyl (C=O) groups excluding carboxylic acids is 2. The molecule has 0 radical (unpaired) electrons. The van der Waals surface area contributed by atoms with E-state index >= 15 is 0 Å². The van der Waals surface area contributed by atoms with Crippen LogP contribution in [-0.2, 0) is 32.9 Å². The third kappa shape index (κ3) is 6.56. The molecule has 1 amide bonds. The van der Waals surface area contributed by atoms with Crippen molar-refractivity contribution in [2.24, 2.45) is 12.0 Å². The Morgan fingerprint density at radius 2 is 1.75 bits per heavy atom. The number of pyridine rings is 2. The lowest BCUT2D eigenvalue weighted by molar-refractivity contribution is -0.146. The van der Waals surface area contributed by atoms with Crippen molar-refractivity contribution in [1.82, 2.24) is 24.0 Å². The lowest BCUT2D eigenvalue weighted by Gasteiger charge is -2.49. The molecule has 12 nitrogen and oxygen atoms in total. The average molecular weight is 701 g/mol. The second-order valence-corrected chi connectivity index (χ2v) is 13.4. The summed E-state index contributed by atoms with van der Waals surface area (Å²) in [5, 5.41) is 10.2. The fourth-order valence-corrected chi connectivity index (χ4v) is 6.45. The average Bonchev–Trinajstić information content (AvgIpc) is 3.33. The van der Waals surface area contributed by atoms with Gasteiger partial charge in [-0.3, -0.25) is 14.3 Å². The SMILES string of the molecule is CCOC(=O)CC1(c2ccc(-n3c(=NC#N)n(C)c4cnc5ccc(-c6cnc(N)c(C(F)(F)F)c6)cc5c43)cc2)CN(C(=O)OC(C)(C)C)C1. The Kier molecular flexibility index (Phi) is 8.74. The maximum atomic E-state index is 13.7. The standard InChI is InChI=1S/C36H35F3N8O4/c1-6-50-29(48)15-35(18-46(19-35)33(49)51-34(2,3)4)23-8-10-24(11-9-23)47-30-25-13-21(22-14-26(36(37,38)39)31(41)43-16-22)7-12-27(25)42-17-28(30)45(5)32(47)44-20-40/h7-14,16-17H,6,15,18-19H2,1-5H3,(H2,41,43). The Hall–Kier alpha value is -5.91. The predicted molar refractivity (Wildman–Crippen MR) is 182 cm³/mol. The Labute approximate surface area is 290 Å². The van der Waals surface area contributed by atoms with Crippen molar-refractivity contribution in [2.75, 3.05) is 25.4 Å². The maximum absolute atomic E-state index is 13.7. The number of anilines is 1. The zero-order chi connectivity index (χ0) is 36.9. The number of hydrogen-bond donors (Lipinski definition) is 1. The van der Waals surface area contributed by atoms with Gasteiger partial charge in [0, 0.05) is 48.4 Å². The second kappa shape index (κ2) is 12.8. The van der Waals surface area contributed by atoms with Gasteiger partial charge in [-0.1, -0.05) is 18.2 Å². The largest absolute Gasteiger partial charge is 0.466 e. The summed E-state index contributed by atoms with van der Waals surface area (Å²) in [6.07, 6.45) is -0.338. The number of hydrogen-bond acceptors (Lipinski definition) is 9. The molecule has 51 heavy (non-hydrogen) atoms. The molecule has 1 aliphatic rings. The van der Waals surface area contributed by atoms with Crippen LogP contribution in [0.5, 0.6) is 0 Å².